The summed E-state index contributed by atoms with van der Waals surface area (Å²) in [6.45, 7) is 4.17. The minimum Gasteiger partial charge on any atom is -0.497 e. The predicted molar refractivity (Wildman–Crippen MR) is 104 cm³/mol. The number of aryl methyl sites for hydroxylation is 1. The third-order valence-corrected chi connectivity index (χ3v) is 4.21. The van der Waals surface area contributed by atoms with Crippen molar-refractivity contribution in [1.82, 2.24) is 9.97 Å². The van der Waals surface area contributed by atoms with Gasteiger partial charge in [0.1, 0.15) is 29.5 Å². The number of methoxy groups -OCH3 is 2. The average Bonchev–Trinajstić information content (AvgIpc) is 2.66. The Bertz CT molecular complexity index is 912. The van der Waals surface area contributed by atoms with E-state index in [-0.39, 0.29) is 0 Å². The van der Waals surface area contributed by atoms with Crippen molar-refractivity contribution in [2.45, 2.75) is 13.8 Å². The number of benzene rings is 2. The van der Waals surface area contributed by atoms with E-state index in [9.17, 15) is 0 Å². The number of hydrogen-bond acceptors (Lipinski definition) is 6. The average molecular weight is 350 g/mol. The fraction of sp³-hybridized carbons (Fsp3) is 0.200. The van der Waals surface area contributed by atoms with E-state index < -0.39 is 0 Å². The maximum absolute atomic E-state index is 5.41. The summed E-state index contributed by atoms with van der Waals surface area (Å²) >= 11 is 0. The van der Waals surface area contributed by atoms with E-state index in [4.69, 9.17) is 9.47 Å². The SMILES string of the molecule is COc1ccc(Nc2cc(Nc3cccc(C)c3C)ncn2)c(OC)c1. The van der Waals surface area contributed by atoms with Crippen LogP contribution in [-0.2, 0) is 0 Å². The van der Waals surface area contributed by atoms with Gasteiger partial charge in [0, 0.05) is 17.8 Å². The standard InChI is InChI=1S/C20H22N4O2/c1-13-6-5-7-16(14(13)2)23-19-11-20(22-12-21-19)24-17-9-8-15(25-3)10-18(17)26-4/h5-12H,1-4H3,(H2,21,22,23,24). The van der Waals surface area contributed by atoms with Crippen molar-refractivity contribution in [3.05, 3.63) is 59.9 Å². The summed E-state index contributed by atoms with van der Waals surface area (Å²) in [7, 11) is 3.24. The summed E-state index contributed by atoms with van der Waals surface area (Å²) in [5.41, 5.74) is 4.24. The molecule has 0 aliphatic carbocycles. The first-order valence-corrected chi connectivity index (χ1v) is 8.25. The van der Waals surface area contributed by atoms with Gasteiger partial charge < -0.3 is 20.1 Å². The molecule has 1 heterocycles. The van der Waals surface area contributed by atoms with Gasteiger partial charge in [-0.15, -0.1) is 0 Å². The van der Waals surface area contributed by atoms with Crippen molar-refractivity contribution in [2.75, 3.05) is 24.9 Å². The maximum atomic E-state index is 5.41. The molecule has 2 aromatic carbocycles. The summed E-state index contributed by atoms with van der Waals surface area (Å²) in [6.07, 6.45) is 1.52. The zero-order chi connectivity index (χ0) is 18.5. The number of nitrogens with one attached hydrogen (secondary N) is 2. The quantitative estimate of drug-likeness (QED) is 0.677. The highest BCUT2D eigenvalue weighted by Crippen LogP contribution is 2.31. The van der Waals surface area contributed by atoms with Gasteiger partial charge >= 0.3 is 0 Å². The van der Waals surface area contributed by atoms with Gasteiger partial charge in [0.05, 0.1) is 19.9 Å². The van der Waals surface area contributed by atoms with E-state index in [1.54, 1.807) is 14.2 Å². The maximum Gasteiger partial charge on any atom is 0.146 e. The monoisotopic (exact) mass is 350 g/mol. The van der Waals surface area contributed by atoms with Crippen LogP contribution in [0.15, 0.2) is 48.8 Å². The normalized spacial score (nSPS) is 10.3. The van der Waals surface area contributed by atoms with E-state index >= 15 is 0 Å². The lowest BCUT2D eigenvalue weighted by molar-refractivity contribution is 0.395. The minimum absolute atomic E-state index is 0.663. The number of hydrogen-bond donors (Lipinski definition) is 2. The van der Waals surface area contributed by atoms with E-state index in [1.165, 1.54) is 17.5 Å². The highest BCUT2D eigenvalue weighted by Gasteiger charge is 2.08. The molecule has 0 radical (unpaired) electrons. The van der Waals surface area contributed by atoms with E-state index in [0.29, 0.717) is 17.4 Å². The Hall–Kier alpha value is -3.28. The molecule has 0 aliphatic heterocycles. The van der Waals surface area contributed by atoms with Crippen LogP contribution in [0.1, 0.15) is 11.1 Å². The van der Waals surface area contributed by atoms with E-state index in [1.807, 2.05) is 36.4 Å². The van der Waals surface area contributed by atoms with Crippen LogP contribution in [0.5, 0.6) is 11.5 Å². The summed E-state index contributed by atoms with van der Waals surface area (Å²) in [4.78, 5) is 8.59. The zero-order valence-corrected chi connectivity index (χ0v) is 15.3. The molecule has 6 nitrogen and oxygen atoms in total. The molecule has 0 atom stereocenters. The molecular weight excluding hydrogens is 328 g/mol. The van der Waals surface area contributed by atoms with Gasteiger partial charge in [0.2, 0.25) is 0 Å². The molecular formula is C20H22N4O2. The van der Waals surface area contributed by atoms with E-state index in [2.05, 4.69) is 40.5 Å². The molecule has 6 heteroatoms. The summed E-state index contributed by atoms with van der Waals surface area (Å²) in [5, 5.41) is 6.60. The van der Waals surface area contributed by atoms with Gasteiger partial charge in [-0.25, -0.2) is 9.97 Å². The largest absolute Gasteiger partial charge is 0.497 e. The van der Waals surface area contributed by atoms with Crippen molar-refractivity contribution in [1.29, 1.82) is 0 Å². The second-order valence-electron chi connectivity index (χ2n) is 5.85. The van der Waals surface area contributed by atoms with Gasteiger partial charge in [-0.05, 0) is 43.2 Å². The Kier molecular flexibility index (Phi) is 5.22. The Balaban J connectivity index is 1.83. The minimum atomic E-state index is 0.663. The van der Waals surface area contributed by atoms with Gasteiger partial charge in [-0.2, -0.15) is 0 Å². The first-order chi connectivity index (χ1) is 12.6. The van der Waals surface area contributed by atoms with Crippen LogP contribution in [0.25, 0.3) is 0 Å². The molecule has 1 aromatic heterocycles. The third-order valence-electron chi connectivity index (χ3n) is 4.21. The number of aromatic nitrogens is 2. The highest BCUT2D eigenvalue weighted by atomic mass is 16.5. The molecule has 0 saturated carbocycles. The zero-order valence-electron chi connectivity index (χ0n) is 15.3. The molecule has 0 spiro atoms. The van der Waals surface area contributed by atoms with Gasteiger partial charge in [-0.3, -0.25) is 0 Å². The van der Waals surface area contributed by atoms with Crippen LogP contribution in [0, 0.1) is 13.8 Å². The molecule has 3 aromatic rings. The number of anilines is 4. The fourth-order valence-corrected chi connectivity index (χ4v) is 2.56. The third kappa shape index (κ3) is 3.85. The number of ether oxygens (including phenoxy) is 2. The molecule has 0 bridgehead atoms. The second-order valence-corrected chi connectivity index (χ2v) is 5.85. The molecule has 0 unspecified atom stereocenters. The van der Waals surface area contributed by atoms with Crippen molar-refractivity contribution in [3.63, 3.8) is 0 Å². The second kappa shape index (κ2) is 7.74. The molecule has 2 N–H and O–H groups in total. The van der Waals surface area contributed by atoms with Gasteiger partial charge in [0.15, 0.2) is 0 Å². The smallest absolute Gasteiger partial charge is 0.146 e. The molecule has 134 valence electrons. The fourth-order valence-electron chi connectivity index (χ4n) is 2.56. The van der Waals surface area contributed by atoms with Gasteiger partial charge in [0.25, 0.3) is 0 Å². The summed E-state index contributed by atoms with van der Waals surface area (Å²) < 4.78 is 10.6. The first-order valence-electron chi connectivity index (χ1n) is 8.25. The van der Waals surface area contributed by atoms with Crippen LogP contribution in [-0.4, -0.2) is 24.2 Å². The van der Waals surface area contributed by atoms with Gasteiger partial charge in [-0.1, -0.05) is 12.1 Å². The van der Waals surface area contributed by atoms with Crippen molar-refractivity contribution in [2.24, 2.45) is 0 Å². The number of rotatable bonds is 6. The highest BCUT2D eigenvalue weighted by molar-refractivity contribution is 5.69. The van der Waals surface area contributed by atoms with Crippen molar-refractivity contribution in [3.8, 4) is 11.5 Å². The Morgan fingerprint density at radius 2 is 1.54 bits per heavy atom. The lowest BCUT2D eigenvalue weighted by Gasteiger charge is -2.13. The summed E-state index contributed by atoms with van der Waals surface area (Å²) in [6, 6.07) is 13.6. The molecule has 3 rings (SSSR count). The van der Waals surface area contributed by atoms with Crippen LogP contribution in [0.3, 0.4) is 0 Å². The molecule has 0 aliphatic rings. The van der Waals surface area contributed by atoms with Crippen LogP contribution in [0.2, 0.25) is 0 Å². The van der Waals surface area contributed by atoms with Crippen molar-refractivity contribution < 1.29 is 9.47 Å². The van der Waals surface area contributed by atoms with Crippen LogP contribution >= 0.6 is 0 Å². The lowest BCUT2D eigenvalue weighted by Crippen LogP contribution is -2.01. The Morgan fingerprint density at radius 3 is 2.23 bits per heavy atom. The van der Waals surface area contributed by atoms with Crippen LogP contribution < -0.4 is 20.1 Å². The topological polar surface area (TPSA) is 68.3 Å². The Labute approximate surface area is 153 Å². The predicted octanol–water partition coefficient (Wildman–Crippen LogP) is 4.60. The Morgan fingerprint density at radius 1 is 0.808 bits per heavy atom. The lowest BCUT2D eigenvalue weighted by atomic mass is 10.1. The van der Waals surface area contributed by atoms with E-state index in [0.717, 1.165) is 17.1 Å². The van der Waals surface area contributed by atoms with Crippen LogP contribution in [0.4, 0.5) is 23.0 Å². The first kappa shape index (κ1) is 17.5. The molecule has 26 heavy (non-hydrogen) atoms. The molecule has 0 amide bonds. The van der Waals surface area contributed by atoms with Crippen molar-refractivity contribution >= 4 is 23.0 Å². The molecule has 0 fully saturated rings. The number of nitrogens with zero attached hydrogens (tertiary/aromatic N) is 2. The summed E-state index contributed by atoms with van der Waals surface area (Å²) in [5.74, 6) is 2.78. The molecule has 0 saturated heterocycles.